The highest BCUT2D eigenvalue weighted by Crippen LogP contribution is 2.36. The van der Waals surface area contributed by atoms with E-state index in [0.717, 1.165) is 54.0 Å². The number of methoxy groups -OCH3 is 1. The topological polar surface area (TPSA) is 62.8 Å². The number of nitrogens with one attached hydrogen (secondary N) is 2. The van der Waals surface area contributed by atoms with Gasteiger partial charge in [-0.2, -0.15) is 0 Å². The summed E-state index contributed by atoms with van der Waals surface area (Å²) in [7, 11) is 1.66. The van der Waals surface area contributed by atoms with Crippen LogP contribution in [-0.4, -0.2) is 45.1 Å². The molecule has 0 spiro atoms. The molecule has 0 aromatic heterocycles. The molecule has 1 rings (SSSR count). The fourth-order valence-corrected chi connectivity index (χ4v) is 2.60. The first-order chi connectivity index (χ1) is 10.7. The molecule has 1 aromatic carbocycles. The first kappa shape index (κ1) is 19.2. The zero-order valence-electron chi connectivity index (χ0n) is 13.5. The predicted octanol–water partition coefficient (Wildman–Crippen LogP) is 2.31. The van der Waals surface area contributed by atoms with E-state index in [-0.39, 0.29) is 6.61 Å². The number of aliphatic hydroxyl groups is 1. The average molecular weight is 375 g/mol. The zero-order valence-corrected chi connectivity index (χ0v) is 15.0. The van der Waals surface area contributed by atoms with Gasteiger partial charge in [0.05, 0.1) is 24.8 Å². The molecule has 0 aliphatic carbocycles. The summed E-state index contributed by atoms with van der Waals surface area (Å²) in [5.74, 6) is 1.52. The summed E-state index contributed by atoms with van der Waals surface area (Å²) < 4.78 is 12.1. The van der Waals surface area contributed by atoms with Crippen LogP contribution in [0.2, 0.25) is 0 Å². The highest BCUT2D eigenvalue weighted by Gasteiger charge is 2.11. The first-order valence-electron chi connectivity index (χ1n) is 7.74. The molecule has 0 amide bonds. The molecule has 126 valence electrons. The van der Waals surface area contributed by atoms with Crippen LogP contribution in [-0.2, 0) is 6.54 Å². The maximum Gasteiger partial charge on any atom is 0.175 e. The summed E-state index contributed by atoms with van der Waals surface area (Å²) in [6.07, 6.45) is 1.99. The predicted molar refractivity (Wildman–Crippen MR) is 92.8 cm³/mol. The minimum atomic E-state index is 0.188. The van der Waals surface area contributed by atoms with Crippen LogP contribution in [0.1, 0.15) is 25.3 Å². The molecular weight excluding hydrogens is 348 g/mol. The molecule has 0 unspecified atom stereocenters. The van der Waals surface area contributed by atoms with Crippen LogP contribution in [0.5, 0.6) is 11.5 Å². The maximum absolute atomic E-state index is 8.66. The Morgan fingerprint density at radius 2 is 1.95 bits per heavy atom. The number of rotatable bonds is 12. The van der Waals surface area contributed by atoms with Crippen LogP contribution in [0, 0.1) is 0 Å². The molecule has 1 aromatic rings. The van der Waals surface area contributed by atoms with Gasteiger partial charge in [-0.05, 0) is 59.6 Å². The van der Waals surface area contributed by atoms with Gasteiger partial charge in [-0.25, -0.2) is 0 Å². The minimum absolute atomic E-state index is 0.188. The van der Waals surface area contributed by atoms with Crippen LogP contribution in [0.15, 0.2) is 16.6 Å². The quantitative estimate of drug-likeness (QED) is 0.490. The third kappa shape index (κ3) is 6.96. The molecule has 0 bridgehead atoms. The van der Waals surface area contributed by atoms with Crippen molar-refractivity contribution >= 4 is 15.9 Å². The third-order valence-corrected chi connectivity index (χ3v) is 3.65. The smallest absolute Gasteiger partial charge is 0.175 e. The molecule has 22 heavy (non-hydrogen) atoms. The first-order valence-corrected chi connectivity index (χ1v) is 8.53. The molecule has 0 aliphatic rings. The molecule has 0 atom stereocenters. The van der Waals surface area contributed by atoms with E-state index < -0.39 is 0 Å². The molecule has 5 nitrogen and oxygen atoms in total. The van der Waals surface area contributed by atoms with Crippen molar-refractivity contribution in [2.75, 3.05) is 40.0 Å². The molecule has 0 heterocycles. The summed E-state index contributed by atoms with van der Waals surface area (Å²) in [5, 5.41) is 15.2. The van der Waals surface area contributed by atoms with Crippen molar-refractivity contribution in [3.8, 4) is 11.5 Å². The normalized spacial score (nSPS) is 10.7. The van der Waals surface area contributed by atoms with Crippen molar-refractivity contribution in [1.82, 2.24) is 10.6 Å². The fourth-order valence-electron chi connectivity index (χ4n) is 1.99. The molecular formula is C16H27BrN2O3. The highest BCUT2D eigenvalue weighted by molar-refractivity contribution is 9.10. The minimum Gasteiger partial charge on any atom is -0.493 e. The second-order valence-corrected chi connectivity index (χ2v) is 5.82. The summed E-state index contributed by atoms with van der Waals surface area (Å²) in [6.45, 7) is 6.21. The number of ether oxygens (including phenoxy) is 2. The lowest BCUT2D eigenvalue weighted by Gasteiger charge is -2.14. The summed E-state index contributed by atoms with van der Waals surface area (Å²) in [4.78, 5) is 0. The molecule has 3 N–H and O–H groups in total. The Labute approximate surface area is 141 Å². The van der Waals surface area contributed by atoms with E-state index in [2.05, 4.69) is 39.6 Å². The lowest BCUT2D eigenvalue weighted by Crippen LogP contribution is -2.23. The van der Waals surface area contributed by atoms with Gasteiger partial charge in [-0.15, -0.1) is 0 Å². The van der Waals surface area contributed by atoms with Crippen LogP contribution in [0.3, 0.4) is 0 Å². The van der Waals surface area contributed by atoms with Gasteiger partial charge in [0.1, 0.15) is 0 Å². The number of hydrogen-bond acceptors (Lipinski definition) is 5. The molecule has 0 aliphatic heterocycles. The number of benzene rings is 1. The third-order valence-electron chi connectivity index (χ3n) is 3.06. The summed E-state index contributed by atoms with van der Waals surface area (Å²) >= 11 is 3.55. The van der Waals surface area contributed by atoms with Crippen molar-refractivity contribution in [3.05, 3.63) is 22.2 Å². The molecule has 0 fully saturated rings. The monoisotopic (exact) mass is 374 g/mol. The Hall–Kier alpha value is -0.820. The number of halogens is 1. The van der Waals surface area contributed by atoms with Crippen LogP contribution < -0.4 is 20.1 Å². The number of aliphatic hydroxyl groups excluding tert-OH is 1. The van der Waals surface area contributed by atoms with E-state index in [1.807, 2.05) is 6.07 Å². The van der Waals surface area contributed by atoms with E-state index in [4.69, 9.17) is 14.6 Å². The Morgan fingerprint density at radius 3 is 2.64 bits per heavy atom. The highest BCUT2D eigenvalue weighted by atomic mass is 79.9. The molecule has 6 heteroatoms. The van der Waals surface area contributed by atoms with Crippen LogP contribution >= 0.6 is 15.9 Å². The second kappa shape index (κ2) is 11.7. The van der Waals surface area contributed by atoms with Gasteiger partial charge >= 0.3 is 0 Å². The number of hydrogen-bond donors (Lipinski definition) is 3. The van der Waals surface area contributed by atoms with E-state index in [1.165, 1.54) is 0 Å². The lowest BCUT2D eigenvalue weighted by molar-refractivity contribution is 0.291. The van der Waals surface area contributed by atoms with Gasteiger partial charge in [0.15, 0.2) is 11.5 Å². The summed E-state index contributed by atoms with van der Waals surface area (Å²) in [6, 6.07) is 4.07. The van der Waals surface area contributed by atoms with E-state index in [9.17, 15) is 0 Å². The van der Waals surface area contributed by atoms with Gasteiger partial charge < -0.3 is 25.2 Å². The van der Waals surface area contributed by atoms with Crippen molar-refractivity contribution in [2.45, 2.75) is 26.3 Å². The van der Waals surface area contributed by atoms with Gasteiger partial charge in [0, 0.05) is 13.1 Å². The van der Waals surface area contributed by atoms with Crippen LogP contribution in [0.4, 0.5) is 0 Å². The maximum atomic E-state index is 8.66. The Balaban J connectivity index is 2.45. The van der Waals surface area contributed by atoms with Gasteiger partial charge in [0.2, 0.25) is 0 Å². The van der Waals surface area contributed by atoms with E-state index in [0.29, 0.717) is 13.2 Å². The van der Waals surface area contributed by atoms with Crippen molar-refractivity contribution < 1.29 is 14.6 Å². The Kier molecular flexibility index (Phi) is 10.2. The lowest BCUT2D eigenvalue weighted by atomic mass is 10.2. The van der Waals surface area contributed by atoms with Gasteiger partial charge in [-0.1, -0.05) is 6.92 Å². The Morgan fingerprint density at radius 1 is 1.18 bits per heavy atom. The molecule has 0 saturated carbocycles. The SMILES string of the molecule is CCCOc1c(Br)cc(CNCCCNCCO)cc1OC. The fraction of sp³-hybridized carbons (Fsp3) is 0.625. The van der Waals surface area contributed by atoms with Crippen LogP contribution in [0.25, 0.3) is 0 Å². The summed E-state index contributed by atoms with van der Waals surface area (Å²) in [5.41, 5.74) is 1.15. The largest absolute Gasteiger partial charge is 0.493 e. The molecule has 0 radical (unpaired) electrons. The molecule has 0 saturated heterocycles. The van der Waals surface area contributed by atoms with Crippen molar-refractivity contribution in [3.63, 3.8) is 0 Å². The zero-order chi connectivity index (χ0) is 16.2. The van der Waals surface area contributed by atoms with Gasteiger partial charge in [-0.3, -0.25) is 0 Å². The van der Waals surface area contributed by atoms with E-state index in [1.54, 1.807) is 7.11 Å². The second-order valence-electron chi connectivity index (χ2n) is 4.96. The van der Waals surface area contributed by atoms with Crippen molar-refractivity contribution in [2.24, 2.45) is 0 Å². The van der Waals surface area contributed by atoms with Gasteiger partial charge in [0.25, 0.3) is 0 Å². The Bertz CT molecular complexity index is 430. The van der Waals surface area contributed by atoms with Crippen molar-refractivity contribution in [1.29, 1.82) is 0 Å². The average Bonchev–Trinajstić information content (AvgIpc) is 2.52. The van der Waals surface area contributed by atoms with E-state index >= 15 is 0 Å². The standard InChI is InChI=1S/C16H27BrN2O3/c1-3-9-22-16-14(17)10-13(11-15(16)21-2)12-19-6-4-5-18-7-8-20/h10-11,18-20H,3-9,12H2,1-2H3.